The standard InChI is InChI=1S/C13H13N5O2S/c19-11-8-14-12(20)17(11)6-7-21-13-16-15-9-18(13)10-4-2-1-3-5-10/h1-5,9H,6-8H2,(H,14,20). The SMILES string of the molecule is O=C1CNC(=O)N1CCSc1nncn1-c1ccccc1. The number of rotatable bonds is 5. The zero-order valence-corrected chi connectivity index (χ0v) is 11.9. The third-order valence-corrected chi connectivity index (χ3v) is 3.96. The van der Waals surface area contributed by atoms with Crippen molar-refractivity contribution < 1.29 is 9.59 Å². The van der Waals surface area contributed by atoms with Gasteiger partial charge in [-0.15, -0.1) is 10.2 Å². The van der Waals surface area contributed by atoms with Crippen molar-refractivity contribution in [1.29, 1.82) is 0 Å². The number of benzene rings is 1. The normalized spacial score (nSPS) is 14.6. The van der Waals surface area contributed by atoms with Gasteiger partial charge >= 0.3 is 6.03 Å². The highest BCUT2D eigenvalue weighted by Crippen LogP contribution is 2.19. The van der Waals surface area contributed by atoms with E-state index in [1.807, 2.05) is 34.9 Å². The summed E-state index contributed by atoms with van der Waals surface area (Å²) >= 11 is 1.45. The number of para-hydroxylation sites is 1. The smallest absolute Gasteiger partial charge is 0.324 e. The number of nitrogens with zero attached hydrogens (tertiary/aromatic N) is 4. The summed E-state index contributed by atoms with van der Waals surface area (Å²) in [5.74, 6) is 0.384. The van der Waals surface area contributed by atoms with Crippen molar-refractivity contribution >= 4 is 23.7 Å². The van der Waals surface area contributed by atoms with Crippen LogP contribution < -0.4 is 5.32 Å². The predicted molar refractivity (Wildman–Crippen MR) is 77.2 cm³/mol. The van der Waals surface area contributed by atoms with Crippen molar-refractivity contribution in [2.75, 3.05) is 18.8 Å². The summed E-state index contributed by atoms with van der Waals surface area (Å²) in [6.07, 6.45) is 1.64. The maximum absolute atomic E-state index is 11.5. The molecule has 2 aromatic rings. The summed E-state index contributed by atoms with van der Waals surface area (Å²) in [4.78, 5) is 24.1. The summed E-state index contributed by atoms with van der Waals surface area (Å²) in [6.45, 7) is 0.445. The number of carbonyl (C=O) groups is 2. The molecule has 1 aromatic heterocycles. The van der Waals surface area contributed by atoms with Gasteiger partial charge in [0.1, 0.15) is 6.33 Å². The molecule has 7 nitrogen and oxygen atoms in total. The lowest BCUT2D eigenvalue weighted by Gasteiger charge is -2.11. The van der Waals surface area contributed by atoms with Gasteiger partial charge in [-0.2, -0.15) is 0 Å². The molecule has 2 heterocycles. The molecule has 0 atom stereocenters. The Balaban J connectivity index is 1.63. The van der Waals surface area contributed by atoms with Gasteiger partial charge in [0.2, 0.25) is 5.91 Å². The minimum Gasteiger partial charge on any atom is -0.329 e. The zero-order valence-electron chi connectivity index (χ0n) is 11.1. The maximum Gasteiger partial charge on any atom is 0.324 e. The molecule has 3 rings (SSSR count). The molecule has 3 amide bonds. The lowest BCUT2D eigenvalue weighted by Crippen LogP contribution is -2.32. The van der Waals surface area contributed by atoms with Crippen LogP contribution in [-0.2, 0) is 4.79 Å². The van der Waals surface area contributed by atoms with Gasteiger partial charge in [-0.05, 0) is 12.1 Å². The Morgan fingerprint density at radius 3 is 2.76 bits per heavy atom. The molecule has 1 fully saturated rings. The van der Waals surface area contributed by atoms with Crippen molar-refractivity contribution in [3.8, 4) is 5.69 Å². The number of amides is 3. The third-order valence-electron chi connectivity index (χ3n) is 3.03. The van der Waals surface area contributed by atoms with E-state index in [-0.39, 0.29) is 18.5 Å². The molecular formula is C13H13N5O2S. The molecule has 1 aromatic carbocycles. The van der Waals surface area contributed by atoms with Gasteiger partial charge in [0.25, 0.3) is 0 Å². The number of hydrogen-bond donors (Lipinski definition) is 1. The quantitative estimate of drug-likeness (QED) is 0.656. The molecule has 108 valence electrons. The van der Waals surface area contributed by atoms with Crippen LogP contribution in [0.1, 0.15) is 0 Å². The first-order chi connectivity index (χ1) is 10.3. The topological polar surface area (TPSA) is 80.1 Å². The number of imide groups is 1. The minimum absolute atomic E-state index is 0.0870. The first-order valence-corrected chi connectivity index (χ1v) is 7.41. The molecule has 0 unspecified atom stereocenters. The molecule has 1 saturated heterocycles. The average molecular weight is 303 g/mol. The van der Waals surface area contributed by atoms with Gasteiger partial charge in [0.15, 0.2) is 5.16 Å². The van der Waals surface area contributed by atoms with Crippen LogP contribution in [0.5, 0.6) is 0 Å². The molecule has 1 aliphatic rings. The predicted octanol–water partition coefficient (Wildman–Crippen LogP) is 0.911. The molecule has 1 N–H and O–H groups in total. The van der Waals surface area contributed by atoms with Crippen molar-refractivity contribution in [2.45, 2.75) is 5.16 Å². The molecule has 8 heteroatoms. The van der Waals surface area contributed by atoms with Crippen LogP contribution in [-0.4, -0.2) is 50.4 Å². The van der Waals surface area contributed by atoms with E-state index < -0.39 is 0 Å². The molecule has 1 aliphatic heterocycles. The van der Waals surface area contributed by atoms with E-state index in [0.29, 0.717) is 12.3 Å². The lowest BCUT2D eigenvalue weighted by atomic mass is 10.3. The van der Waals surface area contributed by atoms with Gasteiger partial charge in [0, 0.05) is 18.0 Å². The number of aromatic nitrogens is 3. The summed E-state index contributed by atoms with van der Waals surface area (Å²) in [7, 11) is 0. The van der Waals surface area contributed by atoms with Gasteiger partial charge in [0.05, 0.1) is 6.54 Å². The first-order valence-electron chi connectivity index (χ1n) is 6.42. The number of hydrogen-bond acceptors (Lipinski definition) is 5. The summed E-state index contributed by atoms with van der Waals surface area (Å²) in [5, 5.41) is 11.2. The second-order valence-corrected chi connectivity index (χ2v) is 5.43. The Morgan fingerprint density at radius 2 is 2.05 bits per heavy atom. The number of nitrogens with one attached hydrogen (secondary N) is 1. The fraction of sp³-hybridized carbons (Fsp3) is 0.231. The lowest BCUT2D eigenvalue weighted by molar-refractivity contribution is -0.124. The third kappa shape index (κ3) is 2.89. The van der Waals surface area contributed by atoms with E-state index >= 15 is 0 Å². The van der Waals surface area contributed by atoms with Crippen LogP contribution in [0.2, 0.25) is 0 Å². The van der Waals surface area contributed by atoms with Crippen molar-refractivity contribution in [1.82, 2.24) is 25.0 Å². The fourth-order valence-corrected chi connectivity index (χ4v) is 2.85. The van der Waals surface area contributed by atoms with E-state index in [9.17, 15) is 9.59 Å². The van der Waals surface area contributed by atoms with Gasteiger partial charge in [-0.3, -0.25) is 14.3 Å². The summed E-state index contributed by atoms with van der Waals surface area (Å²) in [5.41, 5.74) is 0.972. The zero-order chi connectivity index (χ0) is 14.7. The molecule has 0 aliphatic carbocycles. The van der Waals surface area contributed by atoms with E-state index in [4.69, 9.17) is 0 Å². The second-order valence-electron chi connectivity index (χ2n) is 4.37. The Bertz CT molecular complexity index is 642. The summed E-state index contributed by atoms with van der Waals surface area (Å²) in [6, 6.07) is 9.42. The van der Waals surface area contributed by atoms with Crippen molar-refractivity contribution in [3.63, 3.8) is 0 Å². The fourth-order valence-electron chi connectivity index (χ4n) is 2.00. The van der Waals surface area contributed by atoms with Crippen LogP contribution in [0.3, 0.4) is 0 Å². The van der Waals surface area contributed by atoms with Crippen molar-refractivity contribution in [2.24, 2.45) is 0 Å². The van der Waals surface area contributed by atoms with Crippen LogP contribution >= 0.6 is 11.8 Å². The van der Waals surface area contributed by atoms with Crippen LogP contribution in [0.15, 0.2) is 41.8 Å². The molecule has 21 heavy (non-hydrogen) atoms. The molecular weight excluding hydrogens is 290 g/mol. The van der Waals surface area contributed by atoms with Gasteiger partial charge in [-0.25, -0.2) is 4.79 Å². The van der Waals surface area contributed by atoms with Crippen molar-refractivity contribution in [3.05, 3.63) is 36.7 Å². The minimum atomic E-state index is -0.329. The Hall–Kier alpha value is -2.35. The number of thioether (sulfide) groups is 1. The Labute approximate surface area is 125 Å². The van der Waals surface area contributed by atoms with Gasteiger partial charge in [-0.1, -0.05) is 30.0 Å². The maximum atomic E-state index is 11.5. The monoisotopic (exact) mass is 303 g/mol. The molecule has 0 radical (unpaired) electrons. The summed E-state index contributed by atoms with van der Waals surface area (Å²) < 4.78 is 1.87. The van der Waals surface area contributed by atoms with E-state index in [0.717, 1.165) is 10.8 Å². The highest BCUT2D eigenvalue weighted by Gasteiger charge is 2.27. The Kier molecular flexibility index (Phi) is 3.87. The first kappa shape index (κ1) is 13.6. The van der Waals surface area contributed by atoms with Crippen LogP contribution in [0, 0.1) is 0 Å². The number of carbonyl (C=O) groups excluding carboxylic acids is 2. The molecule has 0 bridgehead atoms. The molecule has 0 saturated carbocycles. The average Bonchev–Trinajstić information content (AvgIpc) is 3.09. The van der Waals surface area contributed by atoms with Gasteiger partial charge < -0.3 is 5.32 Å². The van der Waals surface area contributed by atoms with Crippen LogP contribution in [0.25, 0.3) is 5.69 Å². The van der Waals surface area contributed by atoms with E-state index in [1.165, 1.54) is 16.7 Å². The molecule has 0 spiro atoms. The largest absolute Gasteiger partial charge is 0.329 e. The van der Waals surface area contributed by atoms with E-state index in [2.05, 4.69) is 15.5 Å². The highest BCUT2D eigenvalue weighted by molar-refractivity contribution is 7.99. The number of urea groups is 1. The second kappa shape index (κ2) is 5.96. The highest BCUT2D eigenvalue weighted by atomic mass is 32.2. The Morgan fingerprint density at radius 1 is 1.24 bits per heavy atom. The van der Waals surface area contributed by atoms with E-state index in [1.54, 1.807) is 6.33 Å². The van der Waals surface area contributed by atoms with Crippen LogP contribution in [0.4, 0.5) is 4.79 Å².